The fourth-order valence-electron chi connectivity index (χ4n) is 5.83. The molecule has 4 aromatic heterocycles. The molecule has 4 aromatic rings. The molecule has 2 N–H and O–H groups in total. The van der Waals surface area contributed by atoms with E-state index in [1.165, 1.54) is 9.75 Å². The monoisotopic (exact) mass is 635 g/mol. The van der Waals surface area contributed by atoms with Gasteiger partial charge in [0, 0.05) is 28.5 Å². The molecule has 2 amide bonds. The summed E-state index contributed by atoms with van der Waals surface area (Å²) in [5.41, 5.74) is 1.99. The van der Waals surface area contributed by atoms with E-state index in [0.29, 0.717) is 13.1 Å². The molecule has 0 bridgehead atoms. The first kappa shape index (κ1) is 30.5. The van der Waals surface area contributed by atoms with Crippen molar-refractivity contribution in [1.29, 1.82) is 0 Å². The first-order chi connectivity index (χ1) is 20.8. The third-order valence-corrected chi connectivity index (χ3v) is 10.2. The van der Waals surface area contributed by atoms with Crippen molar-refractivity contribution in [3.05, 3.63) is 54.1 Å². The lowest BCUT2D eigenvalue weighted by atomic mass is 10.1. The van der Waals surface area contributed by atoms with Gasteiger partial charge in [0.1, 0.15) is 17.0 Å². The minimum atomic E-state index is -0.532. The zero-order chi connectivity index (χ0) is 31.2. The molecule has 2 aliphatic rings. The van der Waals surface area contributed by atoms with Crippen molar-refractivity contribution >= 4 is 34.9 Å². The van der Waals surface area contributed by atoms with Crippen LogP contribution < -0.4 is 0 Å². The Morgan fingerprint density at radius 2 is 1.25 bits per heavy atom. The SMILES string of the molecule is CC(C)(C)OC(=O)N1CCC[C@H]1c1ccc(-c2ccc(-c3ccc(-c4cnc([C@@H]5CCCN5C(=O)OC(C)(C)C)[nH]4)s3)s2)[nH]1. The van der Waals surface area contributed by atoms with Gasteiger partial charge < -0.3 is 19.4 Å². The molecule has 0 unspecified atom stereocenters. The Morgan fingerprint density at radius 1 is 0.727 bits per heavy atom. The second-order valence-corrected chi connectivity index (χ2v) is 15.7. The number of aromatic amines is 2. The molecular weight excluding hydrogens is 595 g/mol. The number of hydrogen-bond acceptors (Lipinski definition) is 7. The lowest BCUT2D eigenvalue weighted by Gasteiger charge is -2.28. The first-order valence-corrected chi connectivity index (χ1v) is 16.9. The fourth-order valence-corrected chi connectivity index (χ4v) is 7.88. The molecule has 0 aromatic carbocycles. The highest BCUT2D eigenvalue weighted by Gasteiger charge is 2.36. The molecule has 9 nitrogen and oxygen atoms in total. The van der Waals surface area contributed by atoms with E-state index in [-0.39, 0.29) is 24.3 Å². The van der Waals surface area contributed by atoms with Crippen LogP contribution in [0.5, 0.6) is 0 Å². The number of amides is 2. The summed E-state index contributed by atoms with van der Waals surface area (Å²) in [4.78, 5) is 45.6. The molecule has 0 saturated carbocycles. The highest BCUT2D eigenvalue weighted by atomic mass is 32.1. The van der Waals surface area contributed by atoms with Crippen LogP contribution in [0.1, 0.15) is 90.8 Å². The Balaban J connectivity index is 1.14. The summed E-state index contributed by atoms with van der Waals surface area (Å²) in [7, 11) is 0. The Bertz CT molecular complexity index is 1510. The smallest absolute Gasteiger partial charge is 0.410 e. The molecule has 2 saturated heterocycles. The van der Waals surface area contributed by atoms with Crippen molar-refractivity contribution in [2.75, 3.05) is 13.1 Å². The summed E-state index contributed by atoms with van der Waals surface area (Å²) in [6.07, 6.45) is 4.98. The van der Waals surface area contributed by atoms with Crippen LogP contribution in [-0.2, 0) is 9.47 Å². The molecule has 44 heavy (non-hydrogen) atoms. The standard InChI is InChI=1S/C33H41N5O4S2/c1-32(2,3)41-30(39)37-17-7-9-23(37)20-11-12-21(35-20)25-13-15-27(43-25)28-16-14-26(44-28)22-19-34-29(36-22)24-10-8-18-38(24)31(40)42-33(4,5)6/h11-16,19,23-24,35H,7-10,17-18H2,1-6H3,(H,34,36)/t23-,24-/m0/s1. The van der Waals surface area contributed by atoms with Gasteiger partial charge in [-0.1, -0.05) is 0 Å². The topological polar surface area (TPSA) is 104 Å². The van der Waals surface area contributed by atoms with Crippen LogP contribution in [0.15, 0.2) is 42.6 Å². The van der Waals surface area contributed by atoms with Crippen LogP contribution in [0.4, 0.5) is 9.59 Å². The minimum Gasteiger partial charge on any atom is -0.444 e. The van der Waals surface area contributed by atoms with Crippen LogP contribution >= 0.6 is 22.7 Å². The van der Waals surface area contributed by atoms with E-state index in [2.05, 4.69) is 51.4 Å². The largest absolute Gasteiger partial charge is 0.444 e. The predicted molar refractivity (Wildman–Crippen MR) is 175 cm³/mol. The molecular formula is C33H41N5O4S2. The Morgan fingerprint density at radius 3 is 1.84 bits per heavy atom. The Hall–Kier alpha value is -3.57. The number of carbonyl (C=O) groups excluding carboxylic acids is 2. The number of H-pyrrole nitrogens is 2. The maximum absolute atomic E-state index is 12.8. The van der Waals surface area contributed by atoms with Crippen LogP contribution in [0, 0.1) is 0 Å². The number of ether oxygens (including phenoxy) is 2. The highest BCUT2D eigenvalue weighted by molar-refractivity contribution is 7.25. The third kappa shape index (κ3) is 6.58. The van der Waals surface area contributed by atoms with Gasteiger partial charge in [0.2, 0.25) is 0 Å². The molecule has 6 heterocycles. The van der Waals surface area contributed by atoms with E-state index in [0.717, 1.165) is 58.3 Å². The first-order valence-electron chi connectivity index (χ1n) is 15.3. The van der Waals surface area contributed by atoms with E-state index in [4.69, 9.17) is 9.47 Å². The summed E-state index contributed by atoms with van der Waals surface area (Å²) in [5.74, 6) is 0.798. The van der Waals surface area contributed by atoms with Crippen molar-refractivity contribution in [2.45, 2.75) is 90.5 Å². The second kappa shape index (κ2) is 11.7. The summed E-state index contributed by atoms with van der Waals surface area (Å²) in [6, 6.07) is 12.7. The number of nitrogens with zero attached hydrogens (tertiary/aromatic N) is 3. The van der Waals surface area contributed by atoms with Gasteiger partial charge in [0.25, 0.3) is 0 Å². The number of imidazole rings is 1. The van der Waals surface area contributed by atoms with Gasteiger partial charge in [0.05, 0.1) is 39.4 Å². The second-order valence-electron chi connectivity index (χ2n) is 13.5. The quantitative estimate of drug-likeness (QED) is 0.228. The number of likely N-dealkylation sites (tertiary alicyclic amines) is 2. The van der Waals surface area contributed by atoms with Gasteiger partial charge in [-0.3, -0.25) is 9.80 Å². The number of carbonyl (C=O) groups is 2. The molecule has 2 aliphatic heterocycles. The summed E-state index contributed by atoms with van der Waals surface area (Å²) in [6.45, 7) is 12.7. The van der Waals surface area contributed by atoms with Crippen LogP contribution in [-0.4, -0.2) is 61.2 Å². The Labute approximate surface area is 266 Å². The predicted octanol–water partition coefficient (Wildman–Crippen LogP) is 9.01. The lowest BCUT2D eigenvalue weighted by molar-refractivity contribution is 0.0209. The molecule has 0 aliphatic carbocycles. The van der Waals surface area contributed by atoms with Gasteiger partial charge in [-0.05, 0) is 104 Å². The zero-order valence-corrected chi connectivity index (χ0v) is 27.9. The van der Waals surface area contributed by atoms with Gasteiger partial charge in [0.15, 0.2) is 0 Å². The average molecular weight is 636 g/mol. The molecule has 2 fully saturated rings. The molecule has 11 heteroatoms. The molecule has 0 radical (unpaired) electrons. The van der Waals surface area contributed by atoms with Gasteiger partial charge in [-0.15, -0.1) is 22.7 Å². The van der Waals surface area contributed by atoms with Crippen LogP contribution in [0.2, 0.25) is 0 Å². The molecule has 0 spiro atoms. The van der Waals surface area contributed by atoms with Crippen molar-refractivity contribution in [2.24, 2.45) is 0 Å². The van der Waals surface area contributed by atoms with Crippen LogP contribution in [0.3, 0.4) is 0 Å². The highest BCUT2D eigenvalue weighted by Crippen LogP contribution is 2.41. The van der Waals surface area contributed by atoms with Gasteiger partial charge >= 0.3 is 12.2 Å². The lowest BCUT2D eigenvalue weighted by Crippen LogP contribution is -2.36. The van der Waals surface area contributed by atoms with E-state index >= 15 is 0 Å². The molecule has 2 atom stereocenters. The van der Waals surface area contributed by atoms with E-state index in [1.54, 1.807) is 27.6 Å². The maximum atomic E-state index is 12.8. The average Bonchev–Trinajstić information content (AvgIpc) is 3.77. The van der Waals surface area contributed by atoms with E-state index in [1.807, 2.05) is 52.6 Å². The number of thiophene rings is 2. The van der Waals surface area contributed by atoms with Gasteiger partial charge in [-0.25, -0.2) is 14.6 Å². The number of rotatable bonds is 5. The van der Waals surface area contributed by atoms with Crippen molar-refractivity contribution in [3.63, 3.8) is 0 Å². The fraction of sp³-hybridized carbons (Fsp3) is 0.485. The number of aromatic nitrogens is 3. The molecule has 234 valence electrons. The summed E-state index contributed by atoms with van der Waals surface area (Å²) >= 11 is 3.46. The third-order valence-electron chi connectivity index (χ3n) is 7.73. The van der Waals surface area contributed by atoms with Crippen molar-refractivity contribution < 1.29 is 19.1 Å². The molecule has 6 rings (SSSR count). The normalized spacial score (nSPS) is 19.1. The minimum absolute atomic E-state index is 0.00219. The van der Waals surface area contributed by atoms with Gasteiger partial charge in [-0.2, -0.15) is 0 Å². The summed E-state index contributed by atoms with van der Waals surface area (Å²) < 4.78 is 11.3. The Kier molecular flexibility index (Phi) is 8.13. The number of nitrogens with one attached hydrogen (secondary N) is 2. The van der Waals surface area contributed by atoms with Crippen molar-refractivity contribution in [1.82, 2.24) is 24.8 Å². The number of hydrogen-bond donors (Lipinski definition) is 2. The van der Waals surface area contributed by atoms with Crippen LogP contribution in [0.25, 0.3) is 30.9 Å². The van der Waals surface area contributed by atoms with Crippen molar-refractivity contribution in [3.8, 4) is 30.9 Å². The maximum Gasteiger partial charge on any atom is 0.410 e. The van der Waals surface area contributed by atoms with E-state index < -0.39 is 11.2 Å². The zero-order valence-electron chi connectivity index (χ0n) is 26.2. The summed E-state index contributed by atoms with van der Waals surface area (Å²) in [5, 5.41) is 0. The van der Waals surface area contributed by atoms with E-state index in [9.17, 15) is 9.59 Å².